The Morgan fingerprint density at radius 3 is 2.58 bits per heavy atom. The highest BCUT2D eigenvalue weighted by Gasteiger charge is 2.19. The molecule has 146 valence electrons. The number of ether oxygens (including phenoxy) is 2. The maximum atomic E-state index is 13.4. The summed E-state index contributed by atoms with van der Waals surface area (Å²) in [5, 5.41) is 2.97. The minimum Gasteiger partial charge on any atom is -0.491 e. The molecule has 0 radical (unpaired) electrons. The van der Waals surface area contributed by atoms with E-state index in [-0.39, 0.29) is 23.6 Å². The van der Waals surface area contributed by atoms with Gasteiger partial charge in [-0.05, 0) is 30.4 Å². The van der Waals surface area contributed by atoms with E-state index < -0.39 is 0 Å². The van der Waals surface area contributed by atoms with E-state index in [1.807, 2.05) is 13.8 Å². The Bertz CT molecular complexity index is 554. The summed E-state index contributed by atoms with van der Waals surface area (Å²) in [4.78, 5) is 12.1. The zero-order chi connectivity index (χ0) is 18.8. The molecule has 26 heavy (non-hydrogen) atoms. The molecule has 2 rings (SSSR count). The maximum absolute atomic E-state index is 13.4. The highest BCUT2D eigenvalue weighted by Crippen LogP contribution is 2.27. The van der Waals surface area contributed by atoms with Crippen molar-refractivity contribution in [2.75, 3.05) is 26.4 Å². The molecule has 0 bridgehead atoms. The normalized spacial score (nSPS) is 15.7. The number of rotatable bonds is 9. The van der Waals surface area contributed by atoms with Crippen molar-refractivity contribution in [3.8, 4) is 5.75 Å². The minimum absolute atomic E-state index is 0.160. The fourth-order valence-corrected chi connectivity index (χ4v) is 3.36. The Hall–Kier alpha value is -1.62. The SMILES string of the molecule is CC(C)c1ccc(F)cc1OCCOCCNC(=O)C1CCCCCC1. The molecule has 1 fully saturated rings. The number of amides is 1. The number of nitrogens with one attached hydrogen (secondary N) is 1. The lowest BCUT2D eigenvalue weighted by Gasteiger charge is -2.15. The number of halogens is 1. The van der Waals surface area contributed by atoms with Crippen molar-refractivity contribution in [3.63, 3.8) is 0 Å². The molecule has 0 aromatic heterocycles. The summed E-state index contributed by atoms with van der Waals surface area (Å²) in [5.74, 6) is 0.874. The third kappa shape index (κ3) is 6.94. The molecule has 1 aromatic rings. The largest absolute Gasteiger partial charge is 0.491 e. The summed E-state index contributed by atoms with van der Waals surface area (Å²) in [6, 6.07) is 4.64. The van der Waals surface area contributed by atoms with E-state index in [0.717, 1.165) is 31.2 Å². The predicted molar refractivity (Wildman–Crippen MR) is 101 cm³/mol. The average Bonchev–Trinajstić information content (AvgIpc) is 2.90. The third-order valence-corrected chi connectivity index (χ3v) is 4.85. The predicted octanol–water partition coefficient (Wildman–Crippen LogP) is 4.43. The summed E-state index contributed by atoms with van der Waals surface area (Å²) in [6.45, 7) is 5.85. The molecule has 4 nitrogen and oxygen atoms in total. The smallest absolute Gasteiger partial charge is 0.223 e. The number of carbonyl (C=O) groups excluding carboxylic acids is 1. The van der Waals surface area contributed by atoms with Crippen LogP contribution in [0.3, 0.4) is 0 Å². The molecule has 1 aliphatic rings. The van der Waals surface area contributed by atoms with Crippen molar-refractivity contribution in [2.45, 2.75) is 58.3 Å². The van der Waals surface area contributed by atoms with E-state index in [2.05, 4.69) is 5.32 Å². The van der Waals surface area contributed by atoms with Crippen molar-refractivity contribution in [1.29, 1.82) is 0 Å². The molecule has 1 N–H and O–H groups in total. The van der Waals surface area contributed by atoms with Crippen LogP contribution in [-0.2, 0) is 9.53 Å². The van der Waals surface area contributed by atoms with Crippen molar-refractivity contribution in [2.24, 2.45) is 5.92 Å². The Labute approximate surface area is 156 Å². The number of hydrogen-bond acceptors (Lipinski definition) is 3. The highest BCUT2D eigenvalue weighted by molar-refractivity contribution is 5.78. The van der Waals surface area contributed by atoms with Gasteiger partial charge in [0.1, 0.15) is 18.2 Å². The second-order valence-corrected chi connectivity index (χ2v) is 7.28. The molecular weight excluding hydrogens is 333 g/mol. The molecular formula is C21H32FNO3. The average molecular weight is 365 g/mol. The number of carbonyl (C=O) groups is 1. The molecule has 0 unspecified atom stereocenters. The second kappa shape index (κ2) is 11.2. The van der Waals surface area contributed by atoms with Gasteiger partial charge in [0.25, 0.3) is 0 Å². The fraction of sp³-hybridized carbons (Fsp3) is 0.667. The van der Waals surface area contributed by atoms with Gasteiger partial charge in [-0.25, -0.2) is 4.39 Å². The van der Waals surface area contributed by atoms with Crippen LogP contribution in [0.2, 0.25) is 0 Å². The Balaban J connectivity index is 1.59. The summed E-state index contributed by atoms with van der Waals surface area (Å²) in [5.41, 5.74) is 0.988. The zero-order valence-electron chi connectivity index (χ0n) is 16.1. The van der Waals surface area contributed by atoms with Gasteiger partial charge in [-0.15, -0.1) is 0 Å². The van der Waals surface area contributed by atoms with Gasteiger partial charge in [-0.3, -0.25) is 4.79 Å². The molecule has 0 aliphatic heterocycles. The molecule has 0 atom stereocenters. The van der Waals surface area contributed by atoms with Crippen molar-refractivity contribution in [1.82, 2.24) is 5.32 Å². The highest BCUT2D eigenvalue weighted by atomic mass is 19.1. The first kappa shape index (κ1) is 20.7. The molecule has 1 saturated carbocycles. The van der Waals surface area contributed by atoms with Crippen molar-refractivity contribution in [3.05, 3.63) is 29.6 Å². The van der Waals surface area contributed by atoms with E-state index in [0.29, 0.717) is 32.1 Å². The van der Waals surface area contributed by atoms with Gasteiger partial charge < -0.3 is 14.8 Å². The summed E-state index contributed by atoms with van der Waals surface area (Å²) >= 11 is 0. The fourth-order valence-electron chi connectivity index (χ4n) is 3.36. The summed E-state index contributed by atoms with van der Waals surface area (Å²) in [7, 11) is 0. The van der Waals surface area contributed by atoms with Gasteiger partial charge in [0.15, 0.2) is 0 Å². The molecule has 1 amide bonds. The lowest BCUT2D eigenvalue weighted by atomic mass is 10.00. The van der Waals surface area contributed by atoms with E-state index >= 15 is 0 Å². The Morgan fingerprint density at radius 1 is 1.15 bits per heavy atom. The monoisotopic (exact) mass is 365 g/mol. The van der Waals surface area contributed by atoms with Crippen LogP contribution in [0.15, 0.2) is 18.2 Å². The van der Waals surface area contributed by atoms with E-state index in [4.69, 9.17) is 9.47 Å². The third-order valence-electron chi connectivity index (χ3n) is 4.85. The molecule has 0 heterocycles. The van der Waals surface area contributed by atoms with Gasteiger partial charge in [-0.1, -0.05) is 45.6 Å². The van der Waals surface area contributed by atoms with Crippen LogP contribution in [0.1, 0.15) is 63.9 Å². The van der Waals surface area contributed by atoms with Gasteiger partial charge in [0.05, 0.1) is 13.2 Å². The standard InChI is InChI=1S/C21H32FNO3/c1-16(2)19-10-9-18(22)15-20(19)26-14-13-25-12-11-23-21(24)17-7-5-3-4-6-8-17/h9-10,15-17H,3-8,11-14H2,1-2H3,(H,23,24). The molecule has 1 aliphatic carbocycles. The maximum Gasteiger partial charge on any atom is 0.223 e. The summed E-state index contributed by atoms with van der Waals surface area (Å²) < 4.78 is 24.6. The molecule has 0 saturated heterocycles. The molecule has 1 aromatic carbocycles. The number of benzene rings is 1. The van der Waals surface area contributed by atoms with Crippen LogP contribution < -0.4 is 10.1 Å². The van der Waals surface area contributed by atoms with Crippen molar-refractivity contribution < 1.29 is 18.7 Å². The van der Waals surface area contributed by atoms with E-state index in [1.54, 1.807) is 6.07 Å². The van der Waals surface area contributed by atoms with Gasteiger partial charge >= 0.3 is 0 Å². The molecule has 5 heteroatoms. The minimum atomic E-state index is -0.299. The Kier molecular flexibility index (Phi) is 8.89. The van der Waals surface area contributed by atoms with Gasteiger partial charge in [-0.2, -0.15) is 0 Å². The van der Waals surface area contributed by atoms with Gasteiger partial charge in [0, 0.05) is 18.5 Å². The van der Waals surface area contributed by atoms with E-state index in [9.17, 15) is 9.18 Å². The Morgan fingerprint density at radius 2 is 1.88 bits per heavy atom. The topological polar surface area (TPSA) is 47.6 Å². The molecule has 0 spiro atoms. The van der Waals surface area contributed by atoms with Crippen molar-refractivity contribution >= 4 is 5.91 Å². The quantitative estimate of drug-likeness (QED) is 0.520. The first-order chi connectivity index (χ1) is 12.6. The summed E-state index contributed by atoms with van der Waals surface area (Å²) in [6.07, 6.45) is 6.82. The van der Waals surface area contributed by atoms with Crippen LogP contribution in [0.4, 0.5) is 4.39 Å². The van der Waals surface area contributed by atoms with Crippen LogP contribution in [-0.4, -0.2) is 32.3 Å². The first-order valence-corrected chi connectivity index (χ1v) is 9.85. The lowest BCUT2D eigenvalue weighted by Crippen LogP contribution is -2.33. The zero-order valence-corrected chi connectivity index (χ0v) is 16.1. The van der Waals surface area contributed by atoms with Crippen LogP contribution in [0.25, 0.3) is 0 Å². The van der Waals surface area contributed by atoms with Crippen LogP contribution in [0.5, 0.6) is 5.75 Å². The number of hydrogen-bond donors (Lipinski definition) is 1. The first-order valence-electron chi connectivity index (χ1n) is 9.85. The van der Waals surface area contributed by atoms with E-state index in [1.165, 1.54) is 25.0 Å². The second-order valence-electron chi connectivity index (χ2n) is 7.28. The van der Waals surface area contributed by atoms with Gasteiger partial charge in [0.2, 0.25) is 5.91 Å². The van der Waals surface area contributed by atoms with Crippen LogP contribution >= 0.6 is 0 Å². The lowest BCUT2D eigenvalue weighted by molar-refractivity contribution is -0.125. The van der Waals surface area contributed by atoms with Crippen LogP contribution in [0, 0.1) is 11.7 Å².